The van der Waals surface area contributed by atoms with Crippen LogP contribution in [0.2, 0.25) is 5.02 Å². The summed E-state index contributed by atoms with van der Waals surface area (Å²) in [6.45, 7) is 0. The second kappa shape index (κ2) is 6.38. The normalized spacial score (nSPS) is 17.1. The zero-order valence-electron chi connectivity index (χ0n) is 11.0. The topological polar surface area (TPSA) is 42.0 Å². The van der Waals surface area contributed by atoms with E-state index in [4.69, 9.17) is 11.6 Å². The molecule has 0 radical (unpaired) electrons. The molecule has 1 atom stereocenters. The second-order valence-corrected chi connectivity index (χ2v) is 7.23. The molecule has 1 aromatic heterocycles. The number of nitrogens with one attached hydrogen (secondary N) is 1. The fourth-order valence-corrected chi connectivity index (χ4v) is 3.94. The molecule has 1 aliphatic heterocycles. The number of hydrogen-bond acceptors (Lipinski definition) is 3. The van der Waals surface area contributed by atoms with Gasteiger partial charge < -0.3 is 5.32 Å². The van der Waals surface area contributed by atoms with E-state index in [-0.39, 0.29) is 11.9 Å². The number of amides is 1. The molecule has 21 heavy (non-hydrogen) atoms. The molecule has 1 aromatic carbocycles. The smallest absolute Gasteiger partial charge is 0.253 e. The number of rotatable bonds is 2. The van der Waals surface area contributed by atoms with E-state index in [1.807, 2.05) is 18.2 Å². The van der Waals surface area contributed by atoms with Gasteiger partial charge in [-0.3, -0.25) is 9.78 Å². The average Bonchev–Trinajstić information content (AvgIpc) is 2.48. The minimum Gasteiger partial charge on any atom is -0.345 e. The van der Waals surface area contributed by atoms with Crippen LogP contribution in [-0.4, -0.2) is 16.6 Å². The van der Waals surface area contributed by atoms with Crippen molar-refractivity contribution >= 4 is 45.2 Å². The minimum atomic E-state index is -0.119. The van der Waals surface area contributed by atoms with Gasteiger partial charge in [-0.25, -0.2) is 0 Å². The third-order valence-electron chi connectivity index (χ3n) is 3.28. The first-order valence-electron chi connectivity index (χ1n) is 6.47. The Morgan fingerprint density at radius 2 is 2.24 bits per heavy atom. The molecule has 3 rings (SSSR count). The van der Waals surface area contributed by atoms with Crippen LogP contribution >= 0.6 is 39.3 Å². The number of benzene rings is 1. The fourth-order valence-electron chi connectivity index (χ4n) is 2.29. The lowest BCUT2D eigenvalue weighted by Crippen LogP contribution is -2.30. The SMILES string of the molecule is O=C(N[C@H]1CCSc2ccc(Cl)cc21)c1cncc(Br)c1. The summed E-state index contributed by atoms with van der Waals surface area (Å²) in [7, 11) is 0. The van der Waals surface area contributed by atoms with Gasteiger partial charge in [0.15, 0.2) is 0 Å². The Hall–Kier alpha value is -1.04. The van der Waals surface area contributed by atoms with Crippen LogP contribution in [0.25, 0.3) is 0 Å². The molecular formula is C15H12BrClN2OS. The van der Waals surface area contributed by atoms with Crippen LogP contribution < -0.4 is 5.32 Å². The van der Waals surface area contributed by atoms with Crippen LogP contribution in [0.4, 0.5) is 0 Å². The number of carbonyl (C=O) groups is 1. The Balaban J connectivity index is 1.83. The molecule has 0 bridgehead atoms. The van der Waals surface area contributed by atoms with E-state index in [1.165, 1.54) is 4.90 Å². The highest BCUT2D eigenvalue weighted by atomic mass is 79.9. The maximum atomic E-state index is 12.3. The highest BCUT2D eigenvalue weighted by Gasteiger charge is 2.23. The number of aromatic nitrogens is 1. The van der Waals surface area contributed by atoms with E-state index >= 15 is 0 Å². The largest absolute Gasteiger partial charge is 0.345 e. The first-order valence-corrected chi connectivity index (χ1v) is 8.63. The molecule has 0 unspecified atom stereocenters. The van der Waals surface area contributed by atoms with Gasteiger partial charge in [0.2, 0.25) is 0 Å². The van der Waals surface area contributed by atoms with Crippen LogP contribution in [-0.2, 0) is 0 Å². The number of nitrogens with zero attached hydrogens (tertiary/aromatic N) is 1. The lowest BCUT2D eigenvalue weighted by molar-refractivity contribution is 0.0934. The summed E-state index contributed by atoms with van der Waals surface area (Å²) in [6.07, 6.45) is 4.12. The quantitative estimate of drug-likeness (QED) is 0.832. The number of hydrogen-bond donors (Lipinski definition) is 1. The van der Waals surface area contributed by atoms with E-state index in [0.717, 1.165) is 22.2 Å². The zero-order valence-corrected chi connectivity index (χ0v) is 14.1. The van der Waals surface area contributed by atoms with E-state index in [9.17, 15) is 4.79 Å². The monoisotopic (exact) mass is 382 g/mol. The Kier molecular flexibility index (Phi) is 4.52. The van der Waals surface area contributed by atoms with Gasteiger partial charge in [-0.15, -0.1) is 11.8 Å². The van der Waals surface area contributed by atoms with Gasteiger partial charge in [-0.05, 0) is 52.2 Å². The predicted molar refractivity (Wildman–Crippen MR) is 88.9 cm³/mol. The molecule has 0 aliphatic carbocycles. The average molecular weight is 384 g/mol. The van der Waals surface area contributed by atoms with Crippen molar-refractivity contribution in [2.24, 2.45) is 0 Å². The van der Waals surface area contributed by atoms with Crippen molar-refractivity contribution in [1.29, 1.82) is 0 Å². The summed E-state index contributed by atoms with van der Waals surface area (Å²) in [5.74, 6) is 0.864. The highest BCUT2D eigenvalue weighted by Crippen LogP contribution is 2.37. The van der Waals surface area contributed by atoms with E-state index < -0.39 is 0 Å². The number of pyridine rings is 1. The fraction of sp³-hybridized carbons (Fsp3) is 0.200. The van der Waals surface area contributed by atoms with Gasteiger partial charge in [0.05, 0.1) is 11.6 Å². The second-order valence-electron chi connectivity index (χ2n) is 4.74. The van der Waals surface area contributed by atoms with E-state index in [2.05, 4.69) is 26.2 Å². The summed E-state index contributed by atoms with van der Waals surface area (Å²) < 4.78 is 0.790. The van der Waals surface area contributed by atoms with Crippen LogP contribution in [0.15, 0.2) is 46.0 Å². The van der Waals surface area contributed by atoms with Crippen molar-refractivity contribution in [3.05, 3.63) is 57.3 Å². The lowest BCUT2D eigenvalue weighted by atomic mass is 10.0. The molecule has 0 saturated heterocycles. The first kappa shape index (κ1) is 14.9. The van der Waals surface area contributed by atoms with Gasteiger partial charge >= 0.3 is 0 Å². The summed E-state index contributed by atoms with van der Waals surface area (Å²) in [4.78, 5) is 17.6. The number of thioether (sulfide) groups is 1. The summed E-state index contributed by atoms with van der Waals surface area (Å²) in [5, 5.41) is 3.77. The van der Waals surface area contributed by atoms with Crippen LogP contribution in [0.1, 0.15) is 28.4 Å². The molecule has 0 fully saturated rings. The Morgan fingerprint density at radius 3 is 3.05 bits per heavy atom. The third-order valence-corrected chi connectivity index (χ3v) is 5.08. The standard InChI is InChI=1S/C15H12BrClN2OS/c16-10-5-9(7-18-8-10)15(20)19-13-3-4-21-14-2-1-11(17)6-12(13)14/h1-2,5-8,13H,3-4H2,(H,19,20)/t13-/m0/s1. The summed E-state index contributed by atoms with van der Waals surface area (Å²) in [5.41, 5.74) is 1.64. The molecule has 2 heterocycles. The molecule has 1 aliphatic rings. The van der Waals surface area contributed by atoms with E-state index in [0.29, 0.717) is 10.6 Å². The van der Waals surface area contributed by atoms with Crippen molar-refractivity contribution in [3.63, 3.8) is 0 Å². The zero-order chi connectivity index (χ0) is 14.8. The van der Waals surface area contributed by atoms with Crippen molar-refractivity contribution < 1.29 is 4.79 Å². The van der Waals surface area contributed by atoms with Gasteiger partial charge in [-0.1, -0.05) is 11.6 Å². The molecule has 0 saturated carbocycles. The van der Waals surface area contributed by atoms with E-state index in [1.54, 1.807) is 30.2 Å². The van der Waals surface area contributed by atoms with Crippen molar-refractivity contribution in [2.75, 3.05) is 5.75 Å². The van der Waals surface area contributed by atoms with Gasteiger partial charge in [-0.2, -0.15) is 0 Å². The van der Waals surface area contributed by atoms with Gasteiger partial charge in [0.25, 0.3) is 5.91 Å². The maximum absolute atomic E-state index is 12.3. The summed E-state index contributed by atoms with van der Waals surface area (Å²) in [6, 6.07) is 7.59. The van der Waals surface area contributed by atoms with Crippen molar-refractivity contribution in [2.45, 2.75) is 17.4 Å². The van der Waals surface area contributed by atoms with Crippen LogP contribution in [0, 0.1) is 0 Å². The highest BCUT2D eigenvalue weighted by molar-refractivity contribution is 9.10. The van der Waals surface area contributed by atoms with Crippen LogP contribution in [0.5, 0.6) is 0 Å². The Bertz CT molecular complexity index is 695. The minimum absolute atomic E-state index is 0.00793. The van der Waals surface area contributed by atoms with Gasteiger partial charge in [0.1, 0.15) is 0 Å². The molecular weight excluding hydrogens is 372 g/mol. The molecule has 2 aromatic rings. The molecule has 6 heteroatoms. The molecule has 0 spiro atoms. The van der Waals surface area contributed by atoms with Crippen molar-refractivity contribution in [3.8, 4) is 0 Å². The molecule has 1 amide bonds. The predicted octanol–water partition coefficient (Wildman–Crippen LogP) is 4.46. The van der Waals surface area contributed by atoms with Gasteiger partial charge in [0, 0.05) is 32.5 Å². The third kappa shape index (κ3) is 3.42. The van der Waals surface area contributed by atoms with Crippen LogP contribution in [0.3, 0.4) is 0 Å². The molecule has 3 nitrogen and oxygen atoms in total. The number of fused-ring (bicyclic) bond motifs is 1. The number of halogens is 2. The Morgan fingerprint density at radius 1 is 1.38 bits per heavy atom. The lowest BCUT2D eigenvalue weighted by Gasteiger charge is -2.26. The molecule has 108 valence electrons. The first-order chi connectivity index (χ1) is 10.1. The van der Waals surface area contributed by atoms with Crippen molar-refractivity contribution in [1.82, 2.24) is 10.3 Å². The molecule has 1 N–H and O–H groups in total. The Labute approximate surface area is 140 Å². The maximum Gasteiger partial charge on any atom is 0.253 e. The summed E-state index contributed by atoms with van der Waals surface area (Å²) >= 11 is 11.2. The number of carbonyl (C=O) groups excluding carboxylic acids is 1.